The largest absolute Gasteiger partial charge is 0.356 e. The lowest BCUT2D eigenvalue weighted by Gasteiger charge is -2.21. The Morgan fingerprint density at radius 1 is 1.16 bits per heavy atom. The Labute approximate surface area is 118 Å². The molecule has 2 aliphatic carbocycles. The van der Waals surface area contributed by atoms with E-state index >= 15 is 0 Å². The van der Waals surface area contributed by atoms with Gasteiger partial charge in [0.1, 0.15) is 0 Å². The average molecular weight is 263 g/mol. The third kappa shape index (κ3) is 5.80. The van der Waals surface area contributed by atoms with Crippen molar-refractivity contribution in [3.63, 3.8) is 0 Å². The van der Waals surface area contributed by atoms with Crippen molar-refractivity contribution in [3.05, 3.63) is 11.6 Å². The summed E-state index contributed by atoms with van der Waals surface area (Å²) < 4.78 is 0. The molecule has 1 saturated carbocycles. The molecule has 0 bridgehead atoms. The Balaban J connectivity index is 1.52. The third-order valence-corrected chi connectivity index (χ3v) is 4.66. The topological polar surface area (TPSA) is 29.1 Å². The number of carbonyl (C=O) groups is 1. The van der Waals surface area contributed by atoms with E-state index in [-0.39, 0.29) is 5.91 Å². The van der Waals surface area contributed by atoms with Gasteiger partial charge in [0.15, 0.2) is 0 Å². The second-order valence-electron chi connectivity index (χ2n) is 6.25. The second-order valence-corrected chi connectivity index (χ2v) is 6.25. The summed E-state index contributed by atoms with van der Waals surface area (Å²) in [6, 6.07) is 0. The molecule has 0 aromatic heterocycles. The normalized spacial score (nSPS) is 20.9. The van der Waals surface area contributed by atoms with E-state index in [9.17, 15) is 4.79 Å². The standard InChI is InChI=1S/C17H29NO/c19-17(12-11-15-7-3-1-4-8-15)18-14-13-16-9-5-2-6-10-16/h9,15H,1-8,10-14H2,(H,18,19). The lowest BCUT2D eigenvalue weighted by molar-refractivity contribution is -0.121. The van der Waals surface area contributed by atoms with Crippen molar-refractivity contribution in [1.29, 1.82) is 0 Å². The van der Waals surface area contributed by atoms with Gasteiger partial charge in [-0.1, -0.05) is 43.8 Å². The van der Waals surface area contributed by atoms with E-state index in [0.717, 1.165) is 31.7 Å². The first-order chi connectivity index (χ1) is 9.34. The number of hydrogen-bond donors (Lipinski definition) is 1. The summed E-state index contributed by atoms with van der Waals surface area (Å²) in [4.78, 5) is 11.8. The molecule has 1 fully saturated rings. The summed E-state index contributed by atoms with van der Waals surface area (Å²) >= 11 is 0. The number of hydrogen-bond acceptors (Lipinski definition) is 1. The van der Waals surface area contributed by atoms with Gasteiger partial charge < -0.3 is 5.32 Å². The predicted molar refractivity (Wildman–Crippen MR) is 80.0 cm³/mol. The van der Waals surface area contributed by atoms with Crippen molar-refractivity contribution in [2.45, 2.75) is 77.0 Å². The molecule has 0 saturated heterocycles. The van der Waals surface area contributed by atoms with Crippen LogP contribution < -0.4 is 5.32 Å². The highest BCUT2D eigenvalue weighted by Gasteiger charge is 2.14. The van der Waals surface area contributed by atoms with Gasteiger partial charge in [-0.25, -0.2) is 0 Å². The fourth-order valence-corrected chi connectivity index (χ4v) is 3.39. The predicted octanol–water partition coefficient (Wildman–Crippen LogP) is 4.35. The summed E-state index contributed by atoms with van der Waals surface area (Å²) in [7, 11) is 0. The van der Waals surface area contributed by atoms with Crippen LogP contribution in [0, 0.1) is 5.92 Å². The third-order valence-electron chi connectivity index (χ3n) is 4.66. The Morgan fingerprint density at radius 2 is 2.00 bits per heavy atom. The Hall–Kier alpha value is -0.790. The van der Waals surface area contributed by atoms with Gasteiger partial charge in [-0.05, 0) is 44.4 Å². The average Bonchev–Trinajstić information content (AvgIpc) is 2.47. The lowest BCUT2D eigenvalue weighted by Crippen LogP contribution is -2.25. The van der Waals surface area contributed by atoms with E-state index < -0.39 is 0 Å². The van der Waals surface area contributed by atoms with E-state index in [2.05, 4.69) is 11.4 Å². The number of carbonyl (C=O) groups excluding carboxylic acids is 1. The molecule has 19 heavy (non-hydrogen) atoms. The molecule has 2 nitrogen and oxygen atoms in total. The second kappa shape index (κ2) is 8.39. The highest BCUT2D eigenvalue weighted by atomic mass is 16.1. The van der Waals surface area contributed by atoms with E-state index in [1.807, 2.05) is 0 Å². The van der Waals surface area contributed by atoms with Crippen LogP contribution in [0.2, 0.25) is 0 Å². The van der Waals surface area contributed by atoms with Gasteiger partial charge in [0.25, 0.3) is 0 Å². The van der Waals surface area contributed by atoms with Crippen molar-refractivity contribution in [2.24, 2.45) is 5.92 Å². The highest BCUT2D eigenvalue weighted by Crippen LogP contribution is 2.27. The molecule has 0 aromatic rings. The summed E-state index contributed by atoms with van der Waals surface area (Å²) in [5.41, 5.74) is 1.55. The van der Waals surface area contributed by atoms with Gasteiger partial charge in [-0.3, -0.25) is 4.79 Å². The van der Waals surface area contributed by atoms with Crippen LogP contribution in [0.5, 0.6) is 0 Å². The van der Waals surface area contributed by atoms with Gasteiger partial charge in [0, 0.05) is 13.0 Å². The van der Waals surface area contributed by atoms with E-state index in [1.165, 1.54) is 57.8 Å². The fraction of sp³-hybridized carbons (Fsp3) is 0.824. The van der Waals surface area contributed by atoms with Crippen LogP contribution in [0.25, 0.3) is 0 Å². The first-order valence-corrected chi connectivity index (χ1v) is 8.29. The molecular weight excluding hydrogens is 234 g/mol. The molecule has 0 spiro atoms. The maximum atomic E-state index is 11.8. The summed E-state index contributed by atoms with van der Waals surface area (Å²) in [6.45, 7) is 0.843. The fourth-order valence-electron chi connectivity index (χ4n) is 3.39. The number of allylic oxidation sites excluding steroid dienone is 1. The van der Waals surface area contributed by atoms with E-state index in [1.54, 1.807) is 5.57 Å². The quantitative estimate of drug-likeness (QED) is 0.709. The molecule has 2 heteroatoms. The molecular formula is C17H29NO. The first kappa shape index (κ1) is 14.6. The Bertz CT molecular complexity index is 302. The molecule has 0 atom stereocenters. The van der Waals surface area contributed by atoms with Gasteiger partial charge in [-0.15, -0.1) is 0 Å². The van der Waals surface area contributed by atoms with Crippen molar-refractivity contribution in [3.8, 4) is 0 Å². The van der Waals surface area contributed by atoms with Gasteiger partial charge in [-0.2, -0.15) is 0 Å². The molecule has 0 radical (unpaired) electrons. The van der Waals surface area contributed by atoms with Crippen LogP contribution in [0.1, 0.15) is 77.0 Å². The SMILES string of the molecule is O=C(CCC1CCCCC1)NCCC1=CCCCC1. The maximum Gasteiger partial charge on any atom is 0.220 e. The van der Waals surface area contributed by atoms with Crippen LogP contribution in [-0.2, 0) is 4.79 Å². The molecule has 0 aliphatic heterocycles. The molecule has 1 amide bonds. The summed E-state index contributed by atoms with van der Waals surface area (Å²) in [5, 5.41) is 3.09. The zero-order chi connectivity index (χ0) is 13.3. The smallest absolute Gasteiger partial charge is 0.220 e. The number of rotatable bonds is 6. The zero-order valence-corrected chi connectivity index (χ0v) is 12.3. The van der Waals surface area contributed by atoms with Gasteiger partial charge in [0.05, 0.1) is 0 Å². The Kier molecular flexibility index (Phi) is 6.46. The zero-order valence-electron chi connectivity index (χ0n) is 12.3. The number of amides is 1. The molecule has 0 heterocycles. The van der Waals surface area contributed by atoms with Crippen LogP contribution in [0.4, 0.5) is 0 Å². The van der Waals surface area contributed by atoms with Crippen LogP contribution in [0.3, 0.4) is 0 Å². The molecule has 108 valence electrons. The van der Waals surface area contributed by atoms with Crippen LogP contribution in [-0.4, -0.2) is 12.5 Å². The molecule has 0 unspecified atom stereocenters. The summed E-state index contributed by atoms with van der Waals surface area (Å²) in [5.74, 6) is 1.09. The van der Waals surface area contributed by atoms with E-state index in [4.69, 9.17) is 0 Å². The van der Waals surface area contributed by atoms with Crippen LogP contribution in [0.15, 0.2) is 11.6 Å². The lowest BCUT2D eigenvalue weighted by atomic mass is 9.86. The molecule has 2 rings (SSSR count). The molecule has 2 aliphatic rings. The minimum absolute atomic E-state index is 0.266. The minimum Gasteiger partial charge on any atom is -0.356 e. The Morgan fingerprint density at radius 3 is 2.74 bits per heavy atom. The van der Waals surface area contributed by atoms with E-state index in [0.29, 0.717) is 0 Å². The minimum atomic E-state index is 0.266. The van der Waals surface area contributed by atoms with Crippen LogP contribution >= 0.6 is 0 Å². The molecule has 0 aromatic carbocycles. The monoisotopic (exact) mass is 263 g/mol. The number of nitrogens with one attached hydrogen (secondary N) is 1. The first-order valence-electron chi connectivity index (χ1n) is 8.29. The molecule has 1 N–H and O–H groups in total. The van der Waals surface area contributed by atoms with Gasteiger partial charge >= 0.3 is 0 Å². The van der Waals surface area contributed by atoms with Crippen molar-refractivity contribution in [1.82, 2.24) is 5.32 Å². The van der Waals surface area contributed by atoms with Crippen molar-refractivity contribution < 1.29 is 4.79 Å². The summed E-state index contributed by atoms with van der Waals surface area (Å²) in [6.07, 6.45) is 17.3. The maximum absolute atomic E-state index is 11.8. The van der Waals surface area contributed by atoms with Crippen molar-refractivity contribution in [2.75, 3.05) is 6.54 Å². The highest BCUT2D eigenvalue weighted by molar-refractivity contribution is 5.75. The van der Waals surface area contributed by atoms with Gasteiger partial charge in [0.2, 0.25) is 5.91 Å². The van der Waals surface area contributed by atoms with Crippen molar-refractivity contribution >= 4 is 5.91 Å².